The van der Waals surface area contributed by atoms with Gasteiger partial charge in [-0.15, -0.1) is 0 Å². The zero-order valence-electron chi connectivity index (χ0n) is 38.8. The molecule has 0 rings (SSSR count). The zero-order valence-corrected chi connectivity index (χ0v) is 38.8. The Morgan fingerprint density at radius 1 is 0.310 bits per heavy atom. The van der Waals surface area contributed by atoms with Gasteiger partial charge in [-0.1, -0.05) is 110 Å². The largest absolute Gasteiger partial charge is 0.465 e. The van der Waals surface area contributed by atoms with E-state index >= 15 is 0 Å². The van der Waals surface area contributed by atoms with Crippen molar-refractivity contribution in [3.8, 4) is 0 Å². The summed E-state index contributed by atoms with van der Waals surface area (Å²) in [5.41, 5.74) is -0.411. The fraction of sp³-hybridized carbons (Fsp3) is 0.979. The molecule has 0 aromatic rings. The molecule has 0 saturated carbocycles. The van der Waals surface area contributed by atoms with Gasteiger partial charge in [-0.05, 0) is 71.6 Å². The van der Waals surface area contributed by atoms with Crippen LogP contribution in [-0.4, -0.2) is 119 Å². The van der Waals surface area contributed by atoms with Crippen molar-refractivity contribution in [3.05, 3.63) is 0 Å². The van der Waals surface area contributed by atoms with Gasteiger partial charge in [-0.2, -0.15) is 0 Å². The molecule has 0 atom stereocenters. The van der Waals surface area contributed by atoms with Gasteiger partial charge in [-0.3, -0.25) is 4.79 Å². The molecule has 0 unspecified atom stereocenters. The highest BCUT2D eigenvalue weighted by molar-refractivity contribution is 5.75. The third kappa shape index (κ3) is 46.2. The molecule has 0 fully saturated rings. The molecule has 0 saturated heterocycles. The molecule has 0 aromatic heterocycles. The van der Waals surface area contributed by atoms with Crippen LogP contribution in [0.3, 0.4) is 0 Å². The summed E-state index contributed by atoms with van der Waals surface area (Å²) in [6.45, 7) is 17.3. The second-order valence-electron chi connectivity index (χ2n) is 16.5. The van der Waals surface area contributed by atoms with Crippen LogP contribution in [0.25, 0.3) is 0 Å². The summed E-state index contributed by atoms with van der Waals surface area (Å²) in [6.07, 6.45) is 31.8. The predicted octanol–water partition coefficient (Wildman–Crippen LogP) is 11.5. The Hall–Kier alpha value is -0.850. The maximum absolute atomic E-state index is 11.9. The van der Waals surface area contributed by atoms with Crippen molar-refractivity contribution in [3.63, 3.8) is 0 Å². The molecule has 348 valence electrons. The number of hydrogen-bond donors (Lipinski definition) is 0. The maximum Gasteiger partial charge on any atom is 0.311 e. The molecular formula is C48H96O10. The van der Waals surface area contributed by atoms with Crippen LogP contribution >= 0.6 is 0 Å². The average Bonchev–Trinajstić information content (AvgIpc) is 3.23. The van der Waals surface area contributed by atoms with E-state index in [2.05, 4.69) is 0 Å². The number of esters is 1. The third-order valence-corrected chi connectivity index (χ3v) is 10.5. The standard InChI is InChI=1S/C48H96O10/c1-5-48(2,3)47(49)58-46-30-45-57-44-29-43-56-42-28-41-55-40-27-39-54-38-26-37-53-36-25-35-52-34-24-33-51-32-23-21-19-17-15-13-11-9-7-6-8-10-12-14-16-18-20-22-31-50-4/h5-46H2,1-4H3. The van der Waals surface area contributed by atoms with E-state index in [4.69, 9.17) is 42.6 Å². The molecule has 0 N–H and O–H groups in total. The first-order chi connectivity index (χ1) is 28.5. The normalized spacial score (nSPS) is 11.9. The van der Waals surface area contributed by atoms with Gasteiger partial charge in [0.2, 0.25) is 0 Å². The summed E-state index contributed by atoms with van der Waals surface area (Å²) in [4.78, 5) is 11.9. The van der Waals surface area contributed by atoms with Gasteiger partial charge in [0.1, 0.15) is 0 Å². The Bertz CT molecular complexity index is 784. The summed E-state index contributed by atoms with van der Waals surface area (Å²) >= 11 is 0. The van der Waals surface area contributed by atoms with E-state index in [1.165, 1.54) is 116 Å². The monoisotopic (exact) mass is 833 g/mol. The Morgan fingerprint density at radius 3 is 0.759 bits per heavy atom. The Balaban J connectivity index is 3.10. The van der Waals surface area contributed by atoms with Crippen molar-refractivity contribution in [2.75, 3.05) is 113 Å². The predicted molar refractivity (Wildman–Crippen MR) is 238 cm³/mol. The van der Waals surface area contributed by atoms with Crippen molar-refractivity contribution in [2.45, 2.75) is 188 Å². The van der Waals surface area contributed by atoms with Gasteiger partial charge >= 0.3 is 5.97 Å². The van der Waals surface area contributed by atoms with Crippen molar-refractivity contribution >= 4 is 5.97 Å². The molecule has 0 spiro atoms. The molecule has 0 aliphatic heterocycles. The molecule has 0 aliphatic rings. The second kappa shape index (κ2) is 48.8. The summed E-state index contributed by atoms with van der Waals surface area (Å²) in [5.74, 6) is -0.137. The van der Waals surface area contributed by atoms with Gasteiger partial charge < -0.3 is 42.6 Å². The molecule has 0 aromatic carbocycles. The van der Waals surface area contributed by atoms with Gasteiger partial charge in [0.05, 0.1) is 12.0 Å². The summed E-state index contributed by atoms with van der Waals surface area (Å²) in [7, 11) is 1.80. The number of hydrogen-bond acceptors (Lipinski definition) is 10. The van der Waals surface area contributed by atoms with Crippen LogP contribution in [0.4, 0.5) is 0 Å². The van der Waals surface area contributed by atoms with E-state index < -0.39 is 5.41 Å². The van der Waals surface area contributed by atoms with Crippen molar-refractivity contribution in [1.29, 1.82) is 0 Å². The highest BCUT2D eigenvalue weighted by Crippen LogP contribution is 2.21. The lowest BCUT2D eigenvalue weighted by atomic mass is 9.91. The smallest absolute Gasteiger partial charge is 0.311 e. The average molecular weight is 833 g/mol. The lowest BCUT2D eigenvalue weighted by molar-refractivity contribution is -0.154. The van der Waals surface area contributed by atoms with Gasteiger partial charge in [0, 0.05) is 113 Å². The van der Waals surface area contributed by atoms with Crippen LogP contribution in [0, 0.1) is 5.41 Å². The van der Waals surface area contributed by atoms with Crippen molar-refractivity contribution in [2.24, 2.45) is 5.41 Å². The number of unbranched alkanes of at least 4 members (excludes halogenated alkanes) is 17. The van der Waals surface area contributed by atoms with Crippen molar-refractivity contribution < 1.29 is 47.4 Å². The second-order valence-corrected chi connectivity index (χ2v) is 16.5. The first-order valence-electron chi connectivity index (χ1n) is 24.2. The Labute approximate surface area is 358 Å². The number of methoxy groups -OCH3 is 1. The molecular weight excluding hydrogens is 737 g/mol. The molecule has 0 aliphatic carbocycles. The minimum atomic E-state index is -0.411. The highest BCUT2D eigenvalue weighted by Gasteiger charge is 2.26. The topological polar surface area (TPSA) is 100 Å². The molecule has 10 heteroatoms. The van der Waals surface area contributed by atoms with Crippen LogP contribution in [-0.2, 0) is 47.4 Å². The van der Waals surface area contributed by atoms with E-state index in [0.717, 1.165) is 104 Å². The van der Waals surface area contributed by atoms with E-state index in [1.54, 1.807) is 7.11 Å². The van der Waals surface area contributed by atoms with E-state index in [9.17, 15) is 4.79 Å². The number of rotatable bonds is 51. The Morgan fingerprint density at radius 2 is 0.517 bits per heavy atom. The van der Waals surface area contributed by atoms with Gasteiger partial charge in [-0.25, -0.2) is 0 Å². The quantitative estimate of drug-likeness (QED) is 0.0435. The maximum atomic E-state index is 11.9. The summed E-state index contributed by atoms with van der Waals surface area (Å²) in [5, 5.41) is 0. The molecule has 0 radical (unpaired) electrons. The molecule has 10 nitrogen and oxygen atoms in total. The molecule has 0 bridgehead atoms. The SMILES string of the molecule is CCC(C)(C)C(=O)OCCCOCCCOCCCOCCCOCCCOCCCOCCCOCCCCCCCCCCCCCCCCCCCCOC. The Kier molecular flexibility index (Phi) is 48.1. The lowest BCUT2D eigenvalue weighted by Gasteiger charge is -2.20. The van der Waals surface area contributed by atoms with Gasteiger partial charge in [0.25, 0.3) is 0 Å². The fourth-order valence-electron chi connectivity index (χ4n) is 6.24. The van der Waals surface area contributed by atoms with Crippen LogP contribution < -0.4 is 0 Å². The van der Waals surface area contributed by atoms with Crippen molar-refractivity contribution in [1.82, 2.24) is 0 Å². The lowest BCUT2D eigenvalue weighted by Crippen LogP contribution is -2.26. The van der Waals surface area contributed by atoms with Crippen LogP contribution in [0.15, 0.2) is 0 Å². The van der Waals surface area contributed by atoms with Crippen LogP contribution in [0.1, 0.15) is 188 Å². The summed E-state index contributed by atoms with van der Waals surface area (Å²) in [6, 6.07) is 0. The van der Waals surface area contributed by atoms with E-state index in [-0.39, 0.29) is 5.97 Å². The minimum absolute atomic E-state index is 0.137. The first-order valence-corrected chi connectivity index (χ1v) is 24.2. The summed E-state index contributed by atoms with van der Waals surface area (Å²) < 4.78 is 50.2. The third-order valence-electron chi connectivity index (χ3n) is 10.5. The van der Waals surface area contributed by atoms with Gasteiger partial charge in [0.15, 0.2) is 0 Å². The molecule has 0 amide bonds. The first kappa shape index (κ1) is 57.1. The number of ether oxygens (including phenoxy) is 9. The highest BCUT2D eigenvalue weighted by atomic mass is 16.5. The van der Waals surface area contributed by atoms with E-state index in [1.807, 2.05) is 20.8 Å². The van der Waals surface area contributed by atoms with E-state index in [0.29, 0.717) is 52.9 Å². The van der Waals surface area contributed by atoms with Crippen LogP contribution in [0.5, 0.6) is 0 Å². The molecule has 0 heterocycles. The number of carbonyl (C=O) groups is 1. The zero-order chi connectivity index (χ0) is 42.1. The minimum Gasteiger partial charge on any atom is -0.465 e. The number of carbonyl (C=O) groups excluding carboxylic acids is 1. The fourth-order valence-corrected chi connectivity index (χ4v) is 6.24. The molecule has 58 heavy (non-hydrogen) atoms. The van der Waals surface area contributed by atoms with Crippen LogP contribution in [0.2, 0.25) is 0 Å².